The van der Waals surface area contributed by atoms with Crippen molar-refractivity contribution in [3.05, 3.63) is 22.6 Å². The van der Waals surface area contributed by atoms with E-state index in [1.54, 1.807) is 18.2 Å². The second-order valence-electron chi connectivity index (χ2n) is 6.19. The van der Waals surface area contributed by atoms with Crippen molar-refractivity contribution in [1.29, 1.82) is 0 Å². The van der Waals surface area contributed by atoms with Gasteiger partial charge in [0.15, 0.2) is 11.5 Å². The van der Waals surface area contributed by atoms with Gasteiger partial charge in [0.1, 0.15) is 6.61 Å². The summed E-state index contributed by atoms with van der Waals surface area (Å²) in [5.41, 5.74) is 0.613. The van der Waals surface area contributed by atoms with Gasteiger partial charge in [-0.15, -0.1) is 0 Å². The van der Waals surface area contributed by atoms with E-state index in [0.29, 0.717) is 36.0 Å². The Morgan fingerprint density at radius 1 is 1.06 bits per heavy atom. The maximum Gasteiger partial charge on any atom is 0.293 e. The molecule has 0 aliphatic carbocycles. The molecule has 0 saturated carbocycles. The maximum atomic E-state index is 12.6. The van der Waals surface area contributed by atoms with Crippen molar-refractivity contribution in [2.75, 3.05) is 61.3 Å². The summed E-state index contributed by atoms with van der Waals surface area (Å²) in [7, 11) is 6.02. The van der Waals surface area contributed by atoms with E-state index in [1.165, 1.54) is 28.4 Å². The van der Waals surface area contributed by atoms with Crippen molar-refractivity contribution in [2.24, 2.45) is 0 Å². The topological polar surface area (TPSA) is 113 Å². The Bertz CT molecular complexity index is 817. The van der Waals surface area contributed by atoms with Crippen LogP contribution in [0.5, 0.6) is 17.2 Å². The lowest BCUT2D eigenvalue weighted by Crippen LogP contribution is -2.38. The fourth-order valence-electron chi connectivity index (χ4n) is 2.69. The second-order valence-corrected chi connectivity index (χ2v) is 7.18. The van der Waals surface area contributed by atoms with Crippen LogP contribution in [0.4, 0.5) is 4.79 Å². The first-order chi connectivity index (χ1) is 14.9. The van der Waals surface area contributed by atoms with Gasteiger partial charge in [0.25, 0.3) is 11.1 Å². The molecule has 11 heteroatoms. The summed E-state index contributed by atoms with van der Waals surface area (Å²) in [6, 6.07) is 3.36. The first-order valence-corrected chi connectivity index (χ1v) is 10.2. The summed E-state index contributed by atoms with van der Waals surface area (Å²) in [6.07, 6.45) is 1.58. The molecule has 0 bridgehead atoms. The Labute approximate surface area is 184 Å². The van der Waals surface area contributed by atoms with E-state index in [2.05, 4.69) is 5.32 Å². The summed E-state index contributed by atoms with van der Waals surface area (Å²) in [5, 5.41) is 2.20. The molecule has 0 atom stereocenters. The summed E-state index contributed by atoms with van der Waals surface area (Å²) < 4.78 is 25.8. The van der Waals surface area contributed by atoms with Crippen molar-refractivity contribution in [3.8, 4) is 17.2 Å². The number of benzene rings is 1. The largest absolute Gasteiger partial charge is 0.493 e. The van der Waals surface area contributed by atoms with Crippen LogP contribution in [0.1, 0.15) is 5.56 Å². The number of ether oxygens (including phenoxy) is 5. The molecule has 1 heterocycles. The van der Waals surface area contributed by atoms with Gasteiger partial charge in [-0.3, -0.25) is 19.3 Å². The van der Waals surface area contributed by atoms with Gasteiger partial charge in [-0.2, -0.15) is 0 Å². The van der Waals surface area contributed by atoms with Gasteiger partial charge in [-0.25, -0.2) is 0 Å². The number of imide groups is 1. The van der Waals surface area contributed by atoms with Crippen LogP contribution in [0.25, 0.3) is 6.08 Å². The fraction of sp³-hybridized carbons (Fsp3) is 0.450. The highest BCUT2D eigenvalue weighted by Gasteiger charge is 2.34. The molecule has 170 valence electrons. The monoisotopic (exact) mass is 454 g/mol. The standard InChI is InChI=1S/C20H26N2O8S/c1-26-7-8-30-12-17(23)21-5-6-22-19(24)16(31-20(22)25)11-13-9-14(27-2)18(29-4)15(10-13)28-3/h9-11H,5-8,12H2,1-4H3,(H,21,23)/b16-11-. The Morgan fingerprint density at radius 2 is 1.74 bits per heavy atom. The van der Waals surface area contributed by atoms with Gasteiger partial charge in [0.2, 0.25) is 11.7 Å². The average Bonchev–Trinajstić information content (AvgIpc) is 3.03. The summed E-state index contributed by atoms with van der Waals surface area (Å²) in [4.78, 5) is 38.0. The first-order valence-electron chi connectivity index (χ1n) is 9.33. The van der Waals surface area contributed by atoms with Crippen LogP contribution in [0.15, 0.2) is 17.0 Å². The number of nitrogens with zero attached hydrogens (tertiary/aromatic N) is 1. The van der Waals surface area contributed by atoms with E-state index in [1.807, 2.05) is 0 Å². The number of thioether (sulfide) groups is 1. The van der Waals surface area contributed by atoms with E-state index in [-0.39, 0.29) is 30.5 Å². The molecule has 31 heavy (non-hydrogen) atoms. The molecular formula is C20H26N2O8S. The van der Waals surface area contributed by atoms with Gasteiger partial charge in [0.05, 0.1) is 39.4 Å². The van der Waals surface area contributed by atoms with E-state index in [4.69, 9.17) is 23.7 Å². The van der Waals surface area contributed by atoms with Crippen LogP contribution < -0.4 is 19.5 Å². The minimum absolute atomic E-state index is 0.0566. The molecule has 1 N–H and O–H groups in total. The third kappa shape index (κ3) is 6.61. The van der Waals surface area contributed by atoms with E-state index in [9.17, 15) is 14.4 Å². The summed E-state index contributed by atoms with van der Waals surface area (Å²) >= 11 is 0.826. The van der Waals surface area contributed by atoms with Crippen LogP contribution >= 0.6 is 11.8 Å². The molecule has 1 fully saturated rings. The third-order valence-corrected chi connectivity index (χ3v) is 5.09. The third-order valence-electron chi connectivity index (χ3n) is 4.18. The lowest BCUT2D eigenvalue weighted by molar-refractivity contribution is -0.127. The molecule has 1 aliphatic rings. The van der Waals surface area contributed by atoms with Crippen LogP contribution in [0, 0.1) is 0 Å². The molecule has 3 amide bonds. The average molecular weight is 455 g/mol. The number of methoxy groups -OCH3 is 4. The van der Waals surface area contributed by atoms with Gasteiger partial charge in [-0.05, 0) is 35.5 Å². The number of hydrogen-bond acceptors (Lipinski definition) is 9. The Hall–Kier alpha value is -2.76. The lowest BCUT2D eigenvalue weighted by atomic mass is 10.1. The lowest BCUT2D eigenvalue weighted by Gasteiger charge is -2.13. The Kier molecular flexibility index (Phi) is 9.63. The number of nitrogens with one attached hydrogen (secondary N) is 1. The van der Waals surface area contributed by atoms with E-state index in [0.717, 1.165) is 16.7 Å². The maximum absolute atomic E-state index is 12.6. The molecule has 0 radical (unpaired) electrons. The van der Waals surface area contributed by atoms with Crippen molar-refractivity contribution < 1.29 is 38.1 Å². The minimum atomic E-state index is -0.436. The normalized spacial score (nSPS) is 14.8. The van der Waals surface area contributed by atoms with Crippen LogP contribution in [0.3, 0.4) is 0 Å². The predicted molar refractivity (Wildman–Crippen MR) is 114 cm³/mol. The molecule has 0 spiro atoms. The summed E-state index contributed by atoms with van der Waals surface area (Å²) in [5.74, 6) is 0.521. The predicted octanol–water partition coefficient (Wildman–Crippen LogP) is 1.53. The van der Waals surface area contributed by atoms with E-state index >= 15 is 0 Å². The second kappa shape index (κ2) is 12.2. The molecule has 0 aromatic heterocycles. The molecule has 1 aromatic rings. The smallest absolute Gasteiger partial charge is 0.293 e. The highest BCUT2D eigenvalue weighted by molar-refractivity contribution is 8.18. The number of carbonyl (C=O) groups excluding carboxylic acids is 3. The quantitative estimate of drug-likeness (QED) is 0.371. The molecule has 1 aliphatic heterocycles. The Morgan fingerprint density at radius 3 is 2.32 bits per heavy atom. The minimum Gasteiger partial charge on any atom is -0.493 e. The van der Waals surface area contributed by atoms with Crippen molar-refractivity contribution >= 4 is 34.9 Å². The van der Waals surface area contributed by atoms with Crippen molar-refractivity contribution in [2.45, 2.75) is 0 Å². The zero-order valence-corrected chi connectivity index (χ0v) is 18.7. The zero-order valence-electron chi connectivity index (χ0n) is 17.9. The Balaban J connectivity index is 2.00. The zero-order chi connectivity index (χ0) is 22.8. The number of rotatable bonds is 12. The number of carbonyl (C=O) groups is 3. The molecule has 1 aromatic carbocycles. The number of hydrogen-bond donors (Lipinski definition) is 1. The molecule has 2 rings (SSSR count). The summed E-state index contributed by atoms with van der Waals surface area (Å²) in [6.45, 7) is 0.760. The van der Waals surface area contributed by atoms with Crippen molar-refractivity contribution in [3.63, 3.8) is 0 Å². The fourth-order valence-corrected chi connectivity index (χ4v) is 3.56. The van der Waals surface area contributed by atoms with Crippen LogP contribution in [0.2, 0.25) is 0 Å². The first kappa shape index (κ1) is 24.5. The molecule has 10 nitrogen and oxygen atoms in total. The van der Waals surface area contributed by atoms with Crippen LogP contribution in [-0.2, 0) is 19.1 Å². The van der Waals surface area contributed by atoms with E-state index < -0.39 is 11.1 Å². The molecule has 1 saturated heterocycles. The van der Waals surface area contributed by atoms with Gasteiger partial charge < -0.3 is 29.0 Å². The van der Waals surface area contributed by atoms with Gasteiger partial charge in [0, 0.05) is 20.2 Å². The molecule has 0 unspecified atom stereocenters. The highest BCUT2D eigenvalue weighted by atomic mass is 32.2. The van der Waals surface area contributed by atoms with Crippen molar-refractivity contribution in [1.82, 2.24) is 10.2 Å². The number of amides is 3. The SMILES string of the molecule is COCCOCC(=O)NCCN1C(=O)S/C(=C\c2cc(OC)c(OC)c(OC)c2)C1=O. The van der Waals surface area contributed by atoms with Gasteiger partial charge in [-0.1, -0.05) is 0 Å². The highest BCUT2D eigenvalue weighted by Crippen LogP contribution is 2.40. The molecular weight excluding hydrogens is 428 g/mol. The van der Waals surface area contributed by atoms with Crippen LogP contribution in [-0.4, -0.2) is 83.3 Å². The van der Waals surface area contributed by atoms with Gasteiger partial charge >= 0.3 is 0 Å².